The summed E-state index contributed by atoms with van der Waals surface area (Å²) < 4.78 is 15.8. The molecule has 1 saturated heterocycles. The van der Waals surface area contributed by atoms with Crippen molar-refractivity contribution in [3.8, 4) is 5.75 Å². The predicted octanol–water partition coefficient (Wildman–Crippen LogP) is 1.13. The fraction of sp³-hybridized carbons (Fsp3) is 0.538. The minimum absolute atomic E-state index is 0.535. The molecular formula is C13H20N2O3. The molecular weight excluding hydrogens is 232 g/mol. The highest BCUT2D eigenvalue weighted by Gasteiger charge is 2.13. The van der Waals surface area contributed by atoms with Gasteiger partial charge in [0.25, 0.3) is 0 Å². The summed E-state index contributed by atoms with van der Waals surface area (Å²) in [6.45, 7) is 4.39. The van der Waals surface area contributed by atoms with Crippen LogP contribution in [0.4, 0.5) is 11.4 Å². The van der Waals surface area contributed by atoms with Crippen molar-refractivity contribution in [2.45, 2.75) is 0 Å². The lowest BCUT2D eigenvalue weighted by Gasteiger charge is -2.30. The molecule has 2 rings (SSSR count). The normalized spacial score (nSPS) is 15.7. The van der Waals surface area contributed by atoms with Gasteiger partial charge in [0, 0.05) is 26.3 Å². The third kappa shape index (κ3) is 3.27. The number of benzene rings is 1. The monoisotopic (exact) mass is 252 g/mol. The van der Waals surface area contributed by atoms with E-state index in [1.807, 2.05) is 18.2 Å². The maximum absolute atomic E-state index is 6.06. The van der Waals surface area contributed by atoms with Crippen LogP contribution in [0.25, 0.3) is 0 Å². The molecule has 1 heterocycles. The SMILES string of the molecule is COCCOc1ccc(N2CCOCC2)c(N)c1. The minimum atomic E-state index is 0.535. The number of morpholine rings is 1. The van der Waals surface area contributed by atoms with Gasteiger partial charge in [-0.15, -0.1) is 0 Å². The average molecular weight is 252 g/mol. The second kappa shape index (κ2) is 6.47. The van der Waals surface area contributed by atoms with Gasteiger partial charge in [-0.2, -0.15) is 0 Å². The Morgan fingerprint density at radius 1 is 1.28 bits per heavy atom. The molecule has 0 spiro atoms. The first-order chi connectivity index (χ1) is 8.81. The van der Waals surface area contributed by atoms with Crippen molar-refractivity contribution in [3.63, 3.8) is 0 Å². The van der Waals surface area contributed by atoms with Crippen LogP contribution in [-0.2, 0) is 9.47 Å². The van der Waals surface area contributed by atoms with E-state index in [1.165, 1.54) is 0 Å². The topological polar surface area (TPSA) is 57.0 Å². The molecule has 18 heavy (non-hydrogen) atoms. The molecule has 1 aromatic rings. The summed E-state index contributed by atoms with van der Waals surface area (Å²) in [5.41, 5.74) is 7.86. The Hall–Kier alpha value is -1.46. The van der Waals surface area contributed by atoms with E-state index in [4.69, 9.17) is 19.9 Å². The lowest BCUT2D eigenvalue weighted by atomic mass is 10.2. The first kappa shape index (κ1) is 13.0. The molecule has 1 fully saturated rings. The minimum Gasteiger partial charge on any atom is -0.491 e. The number of hydrogen-bond donors (Lipinski definition) is 1. The van der Waals surface area contributed by atoms with Gasteiger partial charge in [0.05, 0.1) is 31.2 Å². The zero-order chi connectivity index (χ0) is 12.8. The molecule has 100 valence electrons. The van der Waals surface area contributed by atoms with Crippen molar-refractivity contribution < 1.29 is 14.2 Å². The van der Waals surface area contributed by atoms with E-state index in [9.17, 15) is 0 Å². The van der Waals surface area contributed by atoms with Gasteiger partial charge in [0.1, 0.15) is 12.4 Å². The Morgan fingerprint density at radius 2 is 2.06 bits per heavy atom. The smallest absolute Gasteiger partial charge is 0.121 e. The van der Waals surface area contributed by atoms with Gasteiger partial charge in [-0.25, -0.2) is 0 Å². The first-order valence-corrected chi connectivity index (χ1v) is 6.15. The number of rotatable bonds is 5. The molecule has 2 N–H and O–H groups in total. The number of nitrogens with zero attached hydrogens (tertiary/aromatic N) is 1. The molecule has 0 aromatic heterocycles. The Balaban J connectivity index is 2.00. The van der Waals surface area contributed by atoms with Crippen molar-refractivity contribution in [1.29, 1.82) is 0 Å². The summed E-state index contributed by atoms with van der Waals surface area (Å²) in [4.78, 5) is 2.23. The molecule has 5 heteroatoms. The highest BCUT2D eigenvalue weighted by molar-refractivity contribution is 5.69. The third-order valence-corrected chi connectivity index (χ3v) is 2.91. The molecule has 1 aromatic carbocycles. The van der Waals surface area contributed by atoms with Crippen LogP contribution in [0, 0.1) is 0 Å². The van der Waals surface area contributed by atoms with Crippen LogP contribution >= 0.6 is 0 Å². The van der Waals surface area contributed by atoms with Gasteiger partial charge in [0.15, 0.2) is 0 Å². The predicted molar refractivity (Wildman–Crippen MR) is 71.3 cm³/mol. The van der Waals surface area contributed by atoms with Gasteiger partial charge in [-0.3, -0.25) is 0 Å². The fourth-order valence-electron chi connectivity index (χ4n) is 1.96. The van der Waals surface area contributed by atoms with E-state index < -0.39 is 0 Å². The third-order valence-electron chi connectivity index (χ3n) is 2.91. The van der Waals surface area contributed by atoms with Crippen LogP contribution in [-0.4, -0.2) is 46.6 Å². The Kier molecular flexibility index (Phi) is 4.66. The summed E-state index contributed by atoms with van der Waals surface area (Å²) in [5.74, 6) is 0.779. The Bertz CT molecular complexity index is 378. The van der Waals surface area contributed by atoms with Crippen molar-refractivity contribution in [1.82, 2.24) is 0 Å². The summed E-state index contributed by atoms with van der Waals surface area (Å²) >= 11 is 0. The van der Waals surface area contributed by atoms with E-state index in [-0.39, 0.29) is 0 Å². The Labute approximate surface area is 107 Å². The molecule has 5 nitrogen and oxygen atoms in total. The van der Waals surface area contributed by atoms with E-state index in [2.05, 4.69) is 4.90 Å². The summed E-state index contributed by atoms with van der Waals surface area (Å²) in [6.07, 6.45) is 0. The number of nitrogens with two attached hydrogens (primary N) is 1. The molecule has 0 radical (unpaired) electrons. The number of methoxy groups -OCH3 is 1. The second-order valence-electron chi connectivity index (χ2n) is 4.16. The van der Waals surface area contributed by atoms with Crippen LogP contribution in [0.1, 0.15) is 0 Å². The van der Waals surface area contributed by atoms with Crippen LogP contribution in [0.5, 0.6) is 5.75 Å². The van der Waals surface area contributed by atoms with Crippen molar-refractivity contribution in [2.75, 3.05) is 57.3 Å². The summed E-state index contributed by atoms with van der Waals surface area (Å²) in [5, 5.41) is 0. The molecule has 0 atom stereocenters. The molecule has 0 unspecified atom stereocenters. The van der Waals surface area contributed by atoms with E-state index >= 15 is 0 Å². The van der Waals surface area contributed by atoms with Gasteiger partial charge in [0.2, 0.25) is 0 Å². The van der Waals surface area contributed by atoms with Gasteiger partial charge in [-0.1, -0.05) is 0 Å². The summed E-state index contributed by atoms with van der Waals surface area (Å²) in [6, 6.07) is 5.81. The molecule has 1 aliphatic rings. The van der Waals surface area contributed by atoms with Gasteiger partial charge in [-0.05, 0) is 12.1 Å². The maximum atomic E-state index is 6.06. The highest BCUT2D eigenvalue weighted by Crippen LogP contribution is 2.28. The quantitative estimate of drug-likeness (QED) is 0.629. The van der Waals surface area contributed by atoms with E-state index in [1.54, 1.807) is 7.11 Å². The van der Waals surface area contributed by atoms with Crippen molar-refractivity contribution in [2.24, 2.45) is 0 Å². The van der Waals surface area contributed by atoms with Gasteiger partial charge < -0.3 is 24.8 Å². The average Bonchev–Trinajstić information content (AvgIpc) is 2.40. The van der Waals surface area contributed by atoms with Crippen molar-refractivity contribution in [3.05, 3.63) is 18.2 Å². The van der Waals surface area contributed by atoms with Gasteiger partial charge >= 0.3 is 0 Å². The highest BCUT2D eigenvalue weighted by atomic mass is 16.5. The largest absolute Gasteiger partial charge is 0.491 e. The standard InChI is InChI=1S/C13H20N2O3/c1-16-8-9-18-11-2-3-13(12(14)10-11)15-4-6-17-7-5-15/h2-3,10H,4-9,14H2,1H3. The Morgan fingerprint density at radius 3 is 2.72 bits per heavy atom. The van der Waals surface area contributed by atoms with Crippen molar-refractivity contribution >= 4 is 11.4 Å². The first-order valence-electron chi connectivity index (χ1n) is 6.15. The second-order valence-corrected chi connectivity index (χ2v) is 4.16. The van der Waals surface area contributed by atoms with Crippen LogP contribution in [0.2, 0.25) is 0 Å². The van der Waals surface area contributed by atoms with Crippen LogP contribution < -0.4 is 15.4 Å². The lowest BCUT2D eigenvalue weighted by molar-refractivity contribution is 0.123. The molecule has 1 aliphatic heterocycles. The molecule has 0 aliphatic carbocycles. The zero-order valence-electron chi connectivity index (χ0n) is 10.7. The zero-order valence-corrected chi connectivity index (χ0v) is 10.7. The van der Waals surface area contributed by atoms with Crippen LogP contribution in [0.3, 0.4) is 0 Å². The van der Waals surface area contributed by atoms with E-state index in [0.29, 0.717) is 13.2 Å². The van der Waals surface area contributed by atoms with Crippen LogP contribution in [0.15, 0.2) is 18.2 Å². The molecule has 0 bridgehead atoms. The number of nitrogen functional groups attached to an aromatic ring is 1. The lowest BCUT2D eigenvalue weighted by Crippen LogP contribution is -2.36. The number of anilines is 2. The maximum Gasteiger partial charge on any atom is 0.121 e. The fourth-order valence-corrected chi connectivity index (χ4v) is 1.96. The number of ether oxygens (including phenoxy) is 3. The summed E-state index contributed by atoms with van der Waals surface area (Å²) in [7, 11) is 1.65. The molecule has 0 saturated carbocycles. The van der Waals surface area contributed by atoms with E-state index in [0.717, 1.165) is 43.4 Å². The molecule has 0 amide bonds. The number of hydrogen-bond acceptors (Lipinski definition) is 5.